The van der Waals surface area contributed by atoms with Gasteiger partial charge >= 0.3 is 21.2 Å². The molecule has 1 rings (SSSR count). The van der Waals surface area contributed by atoms with Gasteiger partial charge in [-0.3, -0.25) is 0 Å². The molecule has 1 aromatic rings. The van der Waals surface area contributed by atoms with Gasteiger partial charge in [-0.1, -0.05) is 18.2 Å². The van der Waals surface area contributed by atoms with Crippen LogP contribution in [0.25, 0.3) is 0 Å². The highest BCUT2D eigenvalue weighted by atomic mass is 127. The summed E-state index contributed by atoms with van der Waals surface area (Å²) in [7, 11) is 0. The van der Waals surface area contributed by atoms with Crippen molar-refractivity contribution in [2.75, 3.05) is 0 Å². The minimum Gasteiger partial charge on any atom is -0.0619 e. The molecule has 0 amide bonds. The Labute approximate surface area is 72.2 Å². The Bertz CT molecular complexity index is 201. The monoisotopic (exact) mass is 245 g/mol. The first-order valence-electron chi connectivity index (χ1n) is 3.23. The molecule has 0 saturated carbocycles. The number of benzene rings is 1. The van der Waals surface area contributed by atoms with Crippen LogP contribution in [0.3, 0.4) is 0 Å². The zero-order chi connectivity index (χ0) is 7.23. The van der Waals surface area contributed by atoms with Crippen LogP contribution in [0.5, 0.6) is 0 Å². The van der Waals surface area contributed by atoms with Gasteiger partial charge in [0, 0.05) is 0 Å². The van der Waals surface area contributed by atoms with Gasteiger partial charge in [0.15, 0.2) is 7.65 Å². The maximum Gasteiger partial charge on any atom is 0.349 e. The molecule has 0 radical (unpaired) electrons. The highest BCUT2D eigenvalue weighted by Crippen LogP contribution is 1.81. The Balaban J connectivity index is 2.59. The van der Waals surface area contributed by atoms with Crippen LogP contribution in [0.4, 0.5) is 0 Å². The second-order valence-corrected chi connectivity index (χ2v) is 4.45. The number of hydrogen-bond donors (Lipinski definition) is 0. The Morgan fingerprint density at radius 2 is 1.90 bits per heavy atom. The number of hydrogen-bond acceptors (Lipinski definition) is 0. The highest BCUT2D eigenvalue weighted by molar-refractivity contribution is 4.99. The van der Waals surface area contributed by atoms with Crippen LogP contribution >= 0.6 is 0 Å². The number of allylic oxidation sites excluding steroid dienone is 1. The zero-order valence-electron chi connectivity index (χ0n) is 5.92. The van der Waals surface area contributed by atoms with E-state index in [0.29, 0.717) is 0 Å². The van der Waals surface area contributed by atoms with Crippen molar-refractivity contribution in [2.45, 2.75) is 6.92 Å². The van der Waals surface area contributed by atoms with E-state index in [1.807, 2.05) is 0 Å². The third-order valence-electron chi connectivity index (χ3n) is 1.05. The molecule has 0 spiro atoms. The summed E-state index contributed by atoms with van der Waals surface area (Å²) < 4.78 is 3.76. The molecule has 0 atom stereocenters. The van der Waals surface area contributed by atoms with Gasteiger partial charge in [-0.2, -0.15) is 0 Å². The van der Waals surface area contributed by atoms with E-state index in [1.54, 1.807) is 0 Å². The van der Waals surface area contributed by atoms with Gasteiger partial charge in [0.1, 0.15) is 0 Å². The van der Waals surface area contributed by atoms with Crippen molar-refractivity contribution in [1.82, 2.24) is 0 Å². The Kier molecular flexibility index (Phi) is 3.50. The van der Waals surface area contributed by atoms with E-state index in [4.69, 9.17) is 0 Å². The van der Waals surface area contributed by atoms with Crippen LogP contribution in [0.1, 0.15) is 6.92 Å². The number of rotatable bonds is 2. The molecule has 0 heterocycles. The molecule has 0 bridgehead atoms. The quantitative estimate of drug-likeness (QED) is 0.615. The first-order valence-corrected chi connectivity index (χ1v) is 5.55. The lowest BCUT2D eigenvalue weighted by Gasteiger charge is -1.77. The van der Waals surface area contributed by atoms with E-state index < -0.39 is 0 Å². The van der Waals surface area contributed by atoms with Gasteiger partial charge in [-0.25, -0.2) is 0 Å². The maximum absolute atomic E-state index is 2.27. The average molecular weight is 245 g/mol. The fourth-order valence-corrected chi connectivity index (χ4v) is 2.23. The Morgan fingerprint density at radius 1 is 1.20 bits per heavy atom. The van der Waals surface area contributed by atoms with E-state index >= 15 is 0 Å². The zero-order valence-corrected chi connectivity index (χ0v) is 8.08. The minimum absolute atomic E-state index is 0.146. The molecular weight excluding hydrogens is 235 g/mol. The molecule has 0 aliphatic heterocycles. The van der Waals surface area contributed by atoms with Crippen LogP contribution < -0.4 is 21.2 Å². The van der Waals surface area contributed by atoms with Crippen LogP contribution in [-0.2, 0) is 0 Å². The Hall–Kier alpha value is -0.310. The lowest BCUT2D eigenvalue weighted by molar-refractivity contribution is -0.557. The number of halogens is 1. The van der Waals surface area contributed by atoms with Gasteiger partial charge in [-0.15, -0.1) is 0 Å². The summed E-state index contributed by atoms with van der Waals surface area (Å²) in [5, 5.41) is 0. The van der Waals surface area contributed by atoms with Crippen molar-refractivity contribution in [3.63, 3.8) is 0 Å². The largest absolute Gasteiger partial charge is 0.349 e. The molecule has 0 saturated heterocycles. The van der Waals surface area contributed by atoms with Gasteiger partial charge in [0.25, 0.3) is 0 Å². The molecule has 1 aromatic carbocycles. The molecule has 52 valence electrons. The molecule has 0 unspecified atom stereocenters. The lowest BCUT2D eigenvalue weighted by atomic mass is 10.4. The van der Waals surface area contributed by atoms with Crippen molar-refractivity contribution >= 4 is 0 Å². The van der Waals surface area contributed by atoms with Gasteiger partial charge in [0.2, 0.25) is 0 Å². The first kappa shape index (κ1) is 7.79. The standard InChI is InChI=1S/C9H10I/c1-2-8-10-9-6-4-3-5-7-9/h2-8H,1H3/q+1/b8-2+. The first-order chi connectivity index (χ1) is 4.93. The molecule has 0 nitrogen and oxygen atoms in total. The SMILES string of the molecule is C/C=C/[I+]c1ccccc1. The molecule has 0 aliphatic rings. The van der Waals surface area contributed by atoms with Crippen molar-refractivity contribution < 1.29 is 21.2 Å². The van der Waals surface area contributed by atoms with Gasteiger partial charge in [-0.05, 0) is 25.1 Å². The van der Waals surface area contributed by atoms with E-state index in [-0.39, 0.29) is 21.2 Å². The summed E-state index contributed by atoms with van der Waals surface area (Å²) in [5.41, 5.74) is 0. The second kappa shape index (κ2) is 4.50. The predicted octanol–water partition coefficient (Wildman–Crippen LogP) is -0.521. The molecule has 0 aliphatic carbocycles. The Morgan fingerprint density at radius 3 is 2.50 bits per heavy atom. The van der Waals surface area contributed by atoms with Gasteiger partial charge < -0.3 is 0 Å². The minimum atomic E-state index is 0.146. The summed E-state index contributed by atoms with van der Waals surface area (Å²) in [5.74, 6) is 0. The topological polar surface area (TPSA) is 0 Å². The third-order valence-corrected chi connectivity index (χ3v) is 3.57. The van der Waals surface area contributed by atoms with Gasteiger partial charge in [0.05, 0.1) is 0 Å². The predicted molar refractivity (Wildman–Crippen MR) is 40.0 cm³/mol. The van der Waals surface area contributed by atoms with E-state index in [0.717, 1.165) is 0 Å². The maximum atomic E-state index is 2.27. The summed E-state index contributed by atoms with van der Waals surface area (Å²) in [4.78, 5) is 0. The summed E-state index contributed by atoms with van der Waals surface area (Å²) in [6.07, 6.45) is 2.13. The normalized spacial score (nSPS) is 10.5. The molecule has 1 heteroatoms. The summed E-state index contributed by atoms with van der Waals surface area (Å²) >= 11 is 0.146. The van der Waals surface area contributed by atoms with E-state index in [9.17, 15) is 0 Å². The molecule has 0 aromatic heterocycles. The molecule has 0 N–H and O–H groups in total. The summed E-state index contributed by atoms with van der Waals surface area (Å²) in [6, 6.07) is 10.6. The van der Waals surface area contributed by atoms with Crippen LogP contribution in [0.15, 0.2) is 40.5 Å². The average Bonchev–Trinajstić information content (AvgIpc) is 2.03. The lowest BCUT2D eigenvalue weighted by Crippen LogP contribution is -3.59. The van der Waals surface area contributed by atoms with Crippen LogP contribution in [0.2, 0.25) is 0 Å². The van der Waals surface area contributed by atoms with Crippen molar-refractivity contribution in [1.29, 1.82) is 0 Å². The van der Waals surface area contributed by atoms with Crippen LogP contribution in [0, 0.1) is 3.57 Å². The molecule has 0 fully saturated rings. The third kappa shape index (κ3) is 2.52. The fraction of sp³-hybridized carbons (Fsp3) is 0.111. The van der Waals surface area contributed by atoms with Crippen LogP contribution in [-0.4, -0.2) is 0 Å². The van der Waals surface area contributed by atoms with E-state index in [2.05, 4.69) is 47.4 Å². The smallest absolute Gasteiger partial charge is 0.0619 e. The van der Waals surface area contributed by atoms with E-state index in [1.165, 1.54) is 3.57 Å². The van der Waals surface area contributed by atoms with Crippen molar-refractivity contribution in [2.24, 2.45) is 0 Å². The molecular formula is C9H10I+. The van der Waals surface area contributed by atoms with Crippen molar-refractivity contribution in [3.8, 4) is 0 Å². The molecule has 10 heavy (non-hydrogen) atoms. The van der Waals surface area contributed by atoms with Crippen molar-refractivity contribution in [3.05, 3.63) is 44.1 Å². The summed E-state index contributed by atoms with van der Waals surface area (Å²) in [6.45, 7) is 2.07. The highest BCUT2D eigenvalue weighted by Gasteiger charge is 2.02. The second-order valence-electron chi connectivity index (χ2n) is 1.86. The fourth-order valence-electron chi connectivity index (χ4n) is 0.623.